The summed E-state index contributed by atoms with van der Waals surface area (Å²) in [5.41, 5.74) is 10.1. The lowest BCUT2D eigenvalue weighted by Gasteiger charge is -2.14. The molecule has 0 aliphatic heterocycles. The van der Waals surface area contributed by atoms with Crippen molar-refractivity contribution < 1.29 is 4.42 Å². The number of benzene rings is 1. The highest BCUT2D eigenvalue weighted by Gasteiger charge is 2.17. The molecule has 3 heteroatoms. The molecule has 0 saturated heterocycles. The van der Waals surface area contributed by atoms with Crippen LogP contribution in [0.2, 0.25) is 0 Å². The van der Waals surface area contributed by atoms with E-state index >= 15 is 0 Å². The van der Waals surface area contributed by atoms with E-state index in [1.54, 1.807) is 6.07 Å². The van der Waals surface area contributed by atoms with Crippen LogP contribution in [0.4, 0.5) is 5.69 Å². The number of rotatable bonds is 2. The van der Waals surface area contributed by atoms with Crippen LogP contribution in [0.15, 0.2) is 15.3 Å². The Morgan fingerprint density at radius 3 is 2.42 bits per heavy atom. The van der Waals surface area contributed by atoms with Gasteiger partial charge in [-0.3, -0.25) is 4.79 Å². The lowest BCUT2D eigenvalue weighted by atomic mass is 9.96. The van der Waals surface area contributed by atoms with Crippen molar-refractivity contribution in [1.82, 2.24) is 0 Å². The van der Waals surface area contributed by atoms with Crippen molar-refractivity contribution in [2.45, 2.75) is 47.0 Å². The third-order valence-electron chi connectivity index (χ3n) is 3.76. The number of nitrogens with two attached hydrogens (primary N) is 1. The molecular weight excluding hydrogens is 238 g/mol. The van der Waals surface area contributed by atoms with Gasteiger partial charge < -0.3 is 10.2 Å². The first-order valence-electron chi connectivity index (χ1n) is 6.73. The van der Waals surface area contributed by atoms with Crippen molar-refractivity contribution in [1.29, 1.82) is 0 Å². The minimum atomic E-state index is 0.0740. The smallest absolute Gasteiger partial charge is 0.196 e. The van der Waals surface area contributed by atoms with E-state index in [-0.39, 0.29) is 11.3 Å². The van der Waals surface area contributed by atoms with Crippen molar-refractivity contribution >= 4 is 16.7 Å². The number of hydrogen-bond donors (Lipinski definition) is 1. The molecular formula is C16H21NO2. The van der Waals surface area contributed by atoms with Gasteiger partial charge in [0.2, 0.25) is 0 Å². The predicted octanol–water partition coefficient (Wildman–Crippen LogP) is 3.68. The van der Waals surface area contributed by atoms with Gasteiger partial charge in [-0.2, -0.15) is 0 Å². The van der Waals surface area contributed by atoms with Crippen LogP contribution in [0.25, 0.3) is 11.0 Å². The number of aryl methyl sites for hydroxylation is 1. The van der Waals surface area contributed by atoms with Gasteiger partial charge in [0.05, 0.1) is 5.39 Å². The lowest BCUT2D eigenvalue weighted by Crippen LogP contribution is -2.13. The van der Waals surface area contributed by atoms with Crippen molar-refractivity contribution in [2.75, 3.05) is 5.73 Å². The van der Waals surface area contributed by atoms with Crippen LogP contribution in [-0.2, 0) is 6.42 Å². The van der Waals surface area contributed by atoms with Crippen LogP contribution in [0, 0.1) is 13.8 Å². The minimum Gasteiger partial charge on any atom is -0.460 e. The number of anilines is 1. The van der Waals surface area contributed by atoms with Gasteiger partial charge in [0.25, 0.3) is 0 Å². The average Bonchev–Trinajstić information content (AvgIpc) is 2.35. The lowest BCUT2D eigenvalue weighted by molar-refractivity contribution is 0.503. The highest BCUT2D eigenvalue weighted by Crippen LogP contribution is 2.29. The molecule has 1 aromatic heterocycles. The topological polar surface area (TPSA) is 56.2 Å². The van der Waals surface area contributed by atoms with E-state index in [0.29, 0.717) is 22.2 Å². The fourth-order valence-corrected chi connectivity index (χ4v) is 2.65. The van der Waals surface area contributed by atoms with Crippen molar-refractivity contribution in [3.63, 3.8) is 0 Å². The zero-order valence-electron chi connectivity index (χ0n) is 12.3. The monoisotopic (exact) mass is 259 g/mol. The summed E-state index contributed by atoms with van der Waals surface area (Å²) in [6.07, 6.45) is 0.776. The molecule has 3 nitrogen and oxygen atoms in total. The van der Waals surface area contributed by atoms with Crippen LogP contribution >= 0.6 is 0 Å². The van der Waals surface area contributed by atoms with Crippen LogP contribution in [0.5, 0.6) is 0 Å². The first-order valence-corrected chi connectivity index (χ1v) is 6.73. The molecule has 0 aliphatic rings. The molecule has 2 rings (SSSR count). The maximum atomic E-state index is 12.6. The minimum absolute atomic E-state index is 0.0740. The Hall–Kier alpha value is -1.77. The Morgan fingerprint density at radius 1 is 1.26 bits per heavy atom. The summed E-state index contributed by atoms with van der Waals surface area (Å²) >= 11 is 0. The summed E-state index contributed by atoms with van der Waals surface area (Å²) in [7, 11) is 0. The van der Waals surface area contributed by atoms with Crippen molar-refractivity contribution in [3.8, 4) is 0 Å². The Kier molecular flexibility index (Phi) is 3.40. The van der Waals surface area contributed by atoms with Crippen LogP contribution in [-0.4, -0.2) is 0 Å². The highest BCUT2D eigenvalue weighted by atomic mass is 16.3. The normalized spacial score (nSPS) is 11.5. The zero-order chi connectivity index (χ0) is 14.3. The van der Waals surface area contributed by atoms with Crippen LogP contribution in [0.3, 0.4) is 0 Å². The maximum Gasteiger partial charge on any atom is 0.196 e. The summed E-state index contributed by atoms with van der Waals surface area (Å²) in [5, 5.41) is 0.691. The molecule has 0 unspecified atom stereocenters. The van der Waals surface area contributed by atoms with Crippen molar-refractivity contribution in [2.24, 2.45) is 0 Å². The van der Waals surface area contributed by atoms with E-state index in [1.807, 2.05) is 34.6 Å². The molecule has 0 spiro atoms. The van der Waals surface area contributed by atoms with Gasteiger partial charge in [0.1, 0.15) is 11.3 Å². The number of nitrogen functional groups attached to an aromatic ring is 1. The van der Waals surface area contributed by atoms with E-state index < -0.39 is 0 Å². The third kappa shape index (κ3) is 2.03. The first-order chi connectivity index (χ1) is 8.88. The SMILES string of the molecule is CCc1c(C)c(N)cc2oc(C(C)C)c(C)c(=O)c12. The van der Waals surface area contributed by atoms with Gasteiger partial charge in [-0.15, -0.1) is 0 Å². The fourth-order valence-electron chi connectivity index (χ4n) is 2.65. The molecule has 19 heavy (non-hydrogen) atoms. The van der Waals surface area contributed by atoms with E-state index in [2.05, 4.69) is 0 Å². The van der Waals surface area contributed by atoms with Gasteiger partial charge in [-0.05, 0) is 31.4 Å². The molecule has 1 aromatic carbocycles. The van der Waals surface area contributed by atoms with Gasteiger partial charge in [-0.1, -0.05) is 20.8 Å². The summed E-state index contributed by atoms with van der Waals surface area (Å²) < 4.78 is 5.93. The predicted molar refractivity (Wildman–Crippen MR) is 79.8 cm³/mol. The molecule has 0 amide bonds. The van der Waals surface area contributed by atoms with E-state index in [4.69, 9.17) is 10.2 Å². The second kappa shape index (κ2) is 4.72. The standard InChI is InChI=1S/C16H21NO2/c1-6-11-9(4)12(17)7-13-14(11)15(18)10(5)16(19-13)8(2)3/h7-8H,6,17H2,1-5H3. The molecule has 0 atom stereocenters. The Balaban J connectivity index is 3.01. The Morgan fingerprint density at radius 2 is 1.89 bits per heavy atom. The second-order valence-corrected chi connectivity index (χ2v) is 5.37. The molecule has 2 N–H and O–H groups in total. The van der Waals surface area contributed by atoms with Crippen LogP contribution in [0.1, 0.15) is 49.1 Å². The zero-order valence-corrected chi connectivity index (χ0v) is 12.3. The summed E-state index contributed by atoms with van der Waals surface area (Å²) in [6.45, 7) is 9.88. The molecule has 0 aliphatic carbocycles. The second-order valence-electron chi connectivity index (χ2n) is 5.37. The molecule has 102 valence electrons. The van der Waals surface area contributed by atoms with E-state index in [9.17, 15) is 4.79 Å². The third-order valence-corrected chi connectivity index (χ3v) is 3.76. The Labute approximate surface area is 113 Å². The maximum absolute atomic E-state index is 12.6. The van der Waals surface area contributed by atoms with Crippen LogP contribution < -0.4 is 11.2 Å². The summed E-state index contributed by atoms with van der Waals surface area (Å²) in [6, 6.07) is 1.77. The number of hydrogen-bond acceptors (Lipinski definition) is 3. The molecule has 1 heterocycles. The molecule has 0 fully saturated rings. The molecule has 0 bridgehead atoms. The number of fused-ring (bicyclic) bond motifs is 1. The van der Waals surface area contributed by atoms with Gasteiger partial charge >= 0.3 is 0 Å². The van der Waals surface area contributed by atoms with Crippen molar-refractivity contribution in [3.05, 3.63) is 38.7 Å². The van der Waals surface area contributed by atoms with E-state index in [1.165, 1.54) is 0 Å². The van der Waals surface area contributed by atoms with Gasteiger partial charge in [0.15, 0.2) is 5.43 Å². The fraction of sp³-hybridized carbons (Fsp3) is 0.438. The largest absolute Gasteiger partial charge is 0.460 e. The van der Waals surface area contributed by atoms with Gasteiger partial charge in [0, 0.05) is 23.2 Å². The average molecular weight is 259 g/mol. The Bertz CT molecular complexity index is 696. The molecule has 0 saturated carbocycles. The first kappa shape index (κ1) is 13.7. The van der Waals surface area contributed by atoms with E-state index in [0.717, 1.165) is 23.3 Å². The highest BCUT2D eigenvalue weighted by molar-refractivity contribution is 5.86. The summed E-state index contributed by atoms with van der Waals surface area (Å²) in [4.78, 5) is 12.6. The quantitative estimate of drug-likeness (QED) is 0.837. The summed E-state index contributed by atoms with van der Waals surface area (Å²) in [5.74, 6) is 0.938. The van der Waals surface area contributed by atoms with Gasteiger partial charge in [-0.25, -0.2) is 0 Å². The molecule has 2 aromatic rings. The molecule has 0 radical (unpaired) electrons.